The first-order valence-corrected chi connectivity index (χ1v) is 7.37. The van der Waals surface area contributed by atoms with Gasteiger partial charge in [-0.2, -0.15) is 5.10 Å². The molecule has 18 heavy (non-hydrogen) atoms. The van der Waals surface area contributed by atoms with Gasteiger partial charge in [-0.15, -0.1) is 0 Å². The largest absolute Gasteiger partial charge is 0.348 e. The molecule has 0 saturated carbocycles. The van der Waals surface area contributed by atoms with Crippen LogP contribution >= 0.6 is 15.9 Å². The lowest BCUT2D eigenvalue weighted by Crippen LogP contribution is -2.37. The molecule has 0 radical (unpaired) electrons. The lowest BCUT2D eigenvalue weighted by atomic mass is 9.92. The summed E-state index contributed by atoms with van der Waals surface area (Å²) in [5.41, 5.74) is 2.43. The van der Waals surface area contributed by atoms with E-state index in [9.17, 15) is 4.79 Å². The zero-order valence-corrected chi connectivity index (χ0v) is 12.7. The Morgan fingerprint density at radius 1 is 1.61 bits per heavy atom. The highest BCUT2D eigenvalue weighted by molar-refractivity contribution is 9.10. The lowest BCUT2D eigenvalue weighted by Gasteiger charge is -2.25. The first-order valence-electron chi connectivity index (χ1n) is 6.46. The zero-order valence-electron chi connectivity index (χ0n) is 11.1. The second kappa shape index (κ2) is 5.43. The van der Waals surface area contributed by atoms with Crippen molar-refractivity contribution in [2.45, 2.75) is 44.0 Å². The molecule has 0 saturated heterocycles. The van der Waals surface area contributed by atoms with Crippen molar-refractivity contribution in [2.24, 2.45) is 13.0 Å². The summed E-state index contributed by atoms with van der Waals surface area (Å²) < 4.78 is 1.92. The molecule has 100 valence electrons. The quantitative estimate of drug-likeness (QED) is 0.871. The molecule has 1 aromatic rings. The second-order valence-corrected chi connectivity index (χ2v) is 6.26. The molecule has 1 aromatic heterocycles. The normalized spacial score (nSPS) is 20.6. The van der Waals surface area contributed by atoms with Gasteiger partial charge in [-0.1, -0.05) is 29.8 Å². The number of hydrogen-bond acceptors (Lipinski definition) is 2. The van der Waals surface area contributed by atoms with E-state index in [1.165, 1.54) is 11.3 Å². The van der Waals surface area contributed by atoms with Crippen molar-refractivity contribution in [3.05, 3.63) is 17.5 Å². The van der Waals surface area contributed by atoms with Crippen LogP contribution in [-0.4, -0.2) is 20.5 Å². The second-order valence-electron chi connectivity index (χ2n) is 5.27. The third-order valence-corrected chi connectivity index (χ3v) is 5.00. The fourth-order valence-electron chi connectivity index (χ4n) is 2.41. The topological polar surface area (TPSA) is 46.9 Å². The number of carbonyl (C=O) groups excluding carboxylic acids is 1. The SMILES string of the molecule is CC(C)C(Br)C(=O)NC1CCCc2c1cnn2C. The van der Waals surface area contributed by atoms with E-state index in [1.54, 1.807) is 0 Å². The van der Waals surface area contributed by atoms with Gasteiger partial charge in [0, 0.05) is 18.3 Å². The third kappa shape index (κ3) is 2.60. The molecular weight excluding hydrogens is 294 g/mol. The standard InChI is InChI=1S/C13H20BrN3O/c1-8(2)12(14)13(18)16-10-5-4-6-11-9(10)7-15-17(11)3/h7-8,10,12H,4-6H2,1-3H3,(H,16,18). The van der Waals surface area contributed by atoms with Gasteiger partial charge in [0.05, 0.1) is 17.1 Å². The summed E-state index contributed by atoms with van der Waals surface area (Å²) in [7, 11) is 1.96. The first kappa shape index (κ1) is 13.6. The van der Waals surface area contributed by atoms with Gasteiger partial charge in [0.2, 0.25) is 5.91 Å². The predicted molar refractivity (Wildman–Crippen MR) is 74.6 cm³/mol. The summed E-state index contributed by atoms with van der Waals surface area (Å²) in [5.74, 6) is 0.369. The Balaban J connectivity index is 2.10. The number of hydrogen-bond donors (Lipinski definition) is 1. The molecule has 2 rings (SSSR count). The number of amides is 1. The number of aromatic nitrogens is 2. The highest BCUT2D eigenvalue weighted by atomic mass is 79.9. The Morgan fingerprint density at radius 3 is 3.00 bits per heavy atom. The van der Waals surface area contributed by atoms with E-state index in [0.29, 0.717) is 5.92 Å². The molecule has 1 N–H and O–H groups in total. The van der Waals surface area contributed by atoms with Crippen molar-refractivity contribution in [3.8, 4) is 0 Å². The number of rotatable bonds is 3. The van der Waals surface area contributed by atoms with Crippen molar-refractivity contribution in [1.82, 2.24) is 15.1 Å². The Labute approximate surface area is 116 Å². The monoisotopic (exact) mass is 313 g/mol. The molecule has 5 heteroatoms. The van der Waals surface area contributed by atoms with Gasteiger partial charge in [0.15, 0.2) is 0 Å². The van der Waals surface area contributed by atoms with Crippen LogP contribution in [-0.2, 0) is 18.3 Å². The summed E-state index contributed by atoms with van der Waals surface area (Å²) >= 11 is 3.45. The van der Waals surface area contributed by atoms with Crippen LogP contribution in [0.25, 0.3) is 0 Å². The van der Waals surface area contributed by atoms with Crippen LogP contribution < -0.4 is 5.32 Å². The average Bonchev–Trinajstić information content (AvgIpc) is 2.71. The highest BCUT2D eigenvalue weighted by Crippen LogP contribution is 2.29. The van der Waals surface area contributed by atoms with Crippen molar-refractivity contribution in [2.75, 3.05) is 0 Å². The Bertz CT molecular complexity index is 441. The molecule has 1 heterocycles. The van der Waals surface area contributed by atoms with Crippen LogP contribution in [0, 0.1) is 5.92 Å². The highest BCUT2D eigenvalue weighted by Gasteiger charge is 2.27. The van der Waals surface area contributed by atoms with Gasteiger partial charge >= 0.3 is 0 Å². The van der Waals surface area contributed by atoms with Crippen molar-refractivity contribution in [1.29, 1.82) is 0 Å². The Hall–Kier alpha value is -0.840. The van der Waals surface area contributed by atoms with Crippen LogP contribution in [0.1, 0.15) is 44.0 Å². The van der Waals surface area contributed by atoms with E-state index < -0.39 is 0 Å². The van der Waals surface area contributed by atoms with Gasteiger partial charge in [-0.25, -0.2) is 0 Å². The van der Waals surface area contributed by atoms with Crippen LogP contribution in [0.2, 0.25) is 0 Å². The molecule has 2 atom stereocenters. The number of aryl methyl sites for hydroxylation is 1. The van der Waals surface area contributed by atoms with E-state index in [0.717, 1.165) is 19.3 Å². The predicted octanol–water partition coefficient (Wildman–Crippen LogP) is 2.33. The minimum Gasteiger partial charge on any atom is -0.348 e. The maximum absolute atomic E-state index is 12.1. The number of halogens is 1. The molecule has 1 aliphatic rings. The van der Waals surface area contributed by atoms with Crippen molar-refractivity contribution in [3.63, 3.8) is 0 Å². The fourth-order valence-corrected chi connectivity index (χ4v) is 2.54. The number of nitrogens with one attached hydrogen (secondary N) is 1. The molecule has 1 amide bonds. The van der Waals surface area contributed by atoms with E-state index in [2.05, 4.69) is 26.3 Å². The average molecular weight is 314 g/mol. The Kier molecular flexibility index (Phi) is 4.10. The molecule has 2 unspecified atom stereocenters. The molecule has 0 aromatic carbocycles. The first-order chi connectivity index (χ1) is 8.50. The summed E-state index contributed by atoms with van der Waals surface area (Å²) in [4.78, 5) is 12.0. The minimum absolute atomic E-state index is 0.0757. The summed E-state index contributed by atoms with van der Waals surface area (Å²) in [6, 6.07) is 0.119. The number of nitrogens with zero attached hydrogens (tertiary/aromatic N) is 2. The number of alkyl halides is 1. The van der Waals surface area contributed by atoms with E-state index in [4.69, 9.17) is 0 Å². The molecule has 0 aliphatic heterocycles. The summed E-state index contributed by atoms with van der Waals surface area (Å²) in [6.07, 6.45) is 5.05. The van der Waals surface area contributed by atoms with Crippen LogP contribution in [0.5, 0.6) is 0 Å². The number of carbonyl (C=O) groups is 1. The maximum atomic E-state index is 12.1. The Morgan fingerprint density at radius 2 is 2.33 bits per heavy atom. The summed E-state index contributed by atoms with van der Waals surface area (Å²) in [5, 5.41) is 7.42. The van der Waals surface area contributed by atoms with E-state index in [1.807, 2.05) is 31.8 Å². The molecule has 0 spiro atoms. The van der Waals surface area contributed by atoms with Crippen molar-refractivity contribution >= 4 is 21.8 Å². The molecule has 1 aliphatic carbocycles. The van der Waals surface area contributed by atoms with Gasteiger partial charge < -0.3 is 5.32 Å². The molecule has 0 bridgehead atoms. The molecule has 4 nitrogen and oxygen atoms in total. The van der Waals surface area contributed by atoms with Crippen molar-refractivity contribution < 1.29 is 4.79 Å². The van der Waals surface area contributed by atoms with E-state index in [-0.39, 0.29) is 16.8 Å². The minimum atomic E-state index is -0.125. The smallest absolute Gasteiger partial charge is 0.234 e. The van der Waals surface area contributed by atoms with Gasteiger partial charge in [-0.05, 0) is 25.2 Å². The van der Waals surface area contributed by atoms with E-state index >= 15 is 0 Å². The summed E-state index contributed by atoms with van der Waals surface area (Å²) in [6.45, 7) is 4.07. The molecular formula is C13H20BrN3O. The third-order valence-electron chi connectivity index (χ3n) is 3.53. The fraction of sp³-hybridized carbons (Fsp3) is 0.692. The lowest BCUT2D eigenvalue weighted by molar-refractivity contribution is -0.121. The van der Waals surface area contributed by atoms with Crippen LogP contribution in [0.4, 0.5) is 0 Å². The van der Waals surface area contributed by atoms with Gasteiger partial charge in [0.25, 0.3) is 0 Å². The molecule has 0 fully saturated rings. The van der Waals surface area contributed by atoms with Gasteiger partial charge in [0.1, 0.15) is 0 Å². The van der Waals surface area contributed by atoms with Gasteiger partial charge in [-0.3, -0.25) is 9.48 Å². The van der Waals surface area contributed by atoms with Crippen LogP contribution in [0.15, 0.2) is 6.20 Å². The maximum Gasteiger partial charge on any atom is 0.234 e. The zero-order chi connectivity index (χ0) is 13.3. The van der Waals surface area contributed by atoms with Crippen LogP contribution in [0.3, 0.4) is 0 Å². The number of fused-ring (bicyclic) bond motifs is 1.